The van der Waals surface area contributed by atoms with Gasteiger partial charge in [0.05, 0.1) is 16.6 Å². The minimum Gasteiger partial charge on any atom is -0.350 e. The largest absolute Gasteiger partial charge is 0.350 e. The lowest BCUT2D eigenvalue weighted by Gasteiger charge is -2.24. The van der Waals surface area contributed by atoms with Crippen molar-refractivity contribution in [2.75, 3.05) is 20.6 Å². The maximum atomic E-state index is 14.0. The van der Waals surface area contributed by atoms with Crippen molar-refractivity contribution in [2.45, 2.75) is 6.04 Å². The van der Waals surface area contributed by atoms with E-state index in [-0.39, 0.29) is 16.6 Å². The van der Waals surface area contributed by atoms with Crippen molar-refractivity contribution < 1.29 is 9.18 Å². The van der Waals surface area contributed by atoms with Crippen LogP contribution in [0.25, 0.3) is 10.9 Å². The molecule has 0 aliphatic rings. The molecule has 0 radical (unpaired) electrons. The molecule has 136 valence electrons. The van der Waals surface area contributed by atoms with E-state index in [9.17, 15) is 9.18 Å². The SMILES string of the molecule is CN(C)[C@@H](CNC(=O)c1c(F)cccc1Cl)c1cn(C)c2ccccc12. The van der Waals surface area contributed by atoms with E-state index in [1.165, 1.54) is 18.2 Å². The maximum Gasteiger partial charge on any atom is 0.255 e. The van der Waals surface area contributed by atoms with Gasteiger partial charge in [-0.1, -0.05) is 35.9 Å². The van der Waals surface area contributed by atoms with E-state index in [1.54, 1.807) is 0 Å². The number of carbonyl (C=O) groups is 1. The third-order valence-electron chi connectivity index (χ3n) is 4.56. The molecule has 1 N–H and O–H groups in total. The summed E-state index contributed by atoms with van der Waals surface area (Å²) in [6, 6.07) is 12.3. The van der Waals surface area contributed by atoms with Gasteiger partial charge in [-0.25, -0.2) is 4.39 Å². The standard InChI is InChI=1S/C20H21ClFN3O/c1-24(2)18(14-12-25(3)17-10-5-4-7-13(14)17)11-23-20(26)19-15(21)8-6-9-16(19)22/h4-10,12,18H,11H2,1-3H3,(H,23,26)/t18-/m0/s1. The van der Waals surface area contributed by atoms with Gasteiger partial charge in [0, 0.05) is 30.7 Å². The van der Waals surface area contributed by atoms with Crippen LogP contribution in [-0.2, 0) is 7.05 Å². The summed E-state index contributed by atoms with van der Waals surface area (Å²) in [5.74, 6) is -1.14. The minimum atomic E-state index is -0.624. The first-order valence-corrected chi connectivity index (χ1v) is 8.70. The molecule has 2 aromatic carbocycles. The maximum absolute atomic E-state index is 14.0. The van der Waals surface area contributed by atoms with Crippen molar-refractivity contribution in [3.05, 3.63) is 70.6 Å². The van der Waals surface area contributed by atoms with Crippen molar-refractivity contribution >= 4 is 28.4 Å². The van der Waals surface area contributed by atoms with Gasteiger partial charge in [0.1, 0.15) is 5.82 Å². The lowest BCUT2D eigenvalue weighted by Crippen LogP contribution is -2.35. The summed E-state index contributed by atoms with van der Waals surface area (Å²) >= 11 is 5.99. The summed E-state index contributed by atoms with van der Waals surface area (Å²) in [5.41, 5.74) is 2.11. The van der Waals surface area contributed by atoms with E-state index in [0.29, 0.717) is 6.54 Å². The van der Waals surface area contributed by atoms with Crippen LogP contribution < -0.4 is 5.32 Å². The van der Waals surface area contributed by atoms with Crippen molar-refractivity contribution in [3.8, 4) is 0 Å². The second-order valence-electron chi connectivity index (χ2n) is 6.50. The van der Waals surface area contributed by atoms with Gasteiger partial charge in [-0.3, -0.25) is 4.79 Å². The molecule has 0 saturated heterocycles. The normalized spacial score (nSPS) is 12.5. The third-order valence-corrected chi connectivity index (χ3v) is 4.87. The van der Waals surface area contributed by atoms with Gasteiger partial charge in [0.2, 0.25) is 0 Å². The molecule has 0 fully saturated rings. The number of rotatable bonds is 5. The van der Waals surface area contributed by atoms with Gasteiger partial charge in [-0.2, -0.15) is 0 Å². The first kappa shape index (κ1) is 18.4. The molecule has 4 nitrogen and oxygen atoms in total. The second-order valence-corrected chi connectivity index (χ2v) is 6.91. The van der Waals surface area contributed by atoms with Crippen molar-refractivity contribution in [2.24, 2.45) is 7.05 Å². The van der Waals surface area contributed by atoms with Gasteiger partial charge in [-0.15, -0.1) is 0 Å². The van der Waals surface area contributed by atoms with Gasteiger partial charge in [0.25, 0.3) is 5.91 Å². The van der Waals surface area contributed by atoms with Gasteiger partial charge >= 0.3 is 0 Å². The quantitative estimate of drug-likeness (QED) is 0.733. The predicted molar refractivity (Wildman–Crippen MR) is 103 cm³/mol. The highest BCUT2D eigenvalue weighted by atomic mass is 35.5. The monoisotopic (exact) mass is 373 g/mol. The van der Waals surface area contributed by atoms with Crippen LogP contribution in [0.15, 0.2) is 48.7 Å². The molecular formula is C20H21ClFN3O. The predicted octanol–water partition coefficient (Wildman–Crippen LogP) is 4.00. The zero-order valence-corrected chi connectivity index (χ0v) is 15.7. The van der Waals surface area contributed by atoms with E-state index >= 15 is 0 Å². The number of fused-ring (bicyclic) bond motifs is 1. The number of aromatic nitrogens is 1. The number of hydrogen-bond acceptors (Lipinski definition) is 2. The Morgan fingerprint density at radius 2 is 1.96 bits per heavy atom. The van der Waals surface area contributed by atoms with Crippen LogP contribution >= 0.6 is 11.6 Å². The summed E-state index contributed by atoms with van der Waals surface area (Å²) in [6.45, 7) is 0.338. The van der Waals surface area contributed by atoms with Crippen LogP contribution in [0.2, 0.25) is 5.02 Å². The molecule has 1 atom stereocenters. The Kier molecular flexibility index (Phi) is 5.30. The molecule has 1 amide bonds. The van der Waals surface area contributed by atoms with Crippen LogP contribution in [-0.4, -0.2) is 36.0 Å². The van der Waals surface area contributed by atoms with Crippen molar-refractivity contribution in [3.63, 3.8) is 0 Å². The van der Waals surface area contributed by atoms with E-state index < -0.39 is 11.7 Å². The average molecular weight is 374 g/mol. The summed E-state index contributed by atoms with van der Waals surface area (Å²) < 4.78 is 16.0. The number of amides is 1. The summed E-state index contributed by atoms with van der Waals surface area (Å²) in [5, 5.41) is 4.06. The minimum absolute atomic E-state index is 0.0596. The number of likely N-dealkylation sites (N-methyl/N-ethyl adjacent to an activating group) is 1. The number of halogens is 2. The molecule has 3 aromatic rings. The van der Waals surface area contributed by atoms with E-state index in [0.717, 1.165) is 16.5 Å². The second kappa shape index (κ2) is 7.48. The Morgan fingerprint density at radius 3 is 2.65 bits per heavy atom. The zero-order chi connectivity index (χ0) is 18.8. The Labute approximate surface area is 157 Å². The van der Waals surface area contributed by atoms with Crippen molar-refractivity contribution in [1.82, 2.24) is 14.8 Å². The smallest absolute Gasteiger partial charge is 0.255 e. The Bertz CT molecular complexity index is 931. The fourth-order valence-electron chi connectivity index (χ4n) is 3.20. The molecule has 6 heteroatoms. The van der Waals surface area contributed by atoms with Crippen LogP contribution in [0.3, 0.4) is 0 Å². The zero-order valence-electron chi connectivity index (χ0n) is 15.0. The molecule has 0 bridgehead atoms. The summed E-state index contributed by atoms with van der Waals surface area (Å²) in [6.07, 6.45) is 2.07. The highest BCUT2D eigenvalue weighted by molar-refractivity contribution is 6.33. The molecule has 0 spiro atoms. The topological polar surface area (TPSA) is 37.3 Å². The van der Waals surface area contributed by atoms with Crippen LogP contribution in [0.5, 0.6) is 0 Å². The van der Waals surface area contributed by atoms with E-state index in [2.05, 4.69) is 28.2 Å². The van der Waals surface area contributed by atoms with Crippen molar-refractivity contribution in [1.29, 1.82) is 0 Å². The van der Waals surface area contributed by atoms with Crippen LogP contribution in [0.1, 0.15) is 22.0 Å². The summed E-state index contributed by atoms with van der Waals surface area (Å²) in [7, 11) is 5.90. The molecule has 0 aliphatic heterocycles. The van der Waals surface area contributed by atoms with E-state index in [4.69, 9.17) is 11.6 Å². The van der Waals surface area contributed by atoms with Crippen LogP contribution in [0.4, 0.5) is 4.39 Å². The molecule has 1 aromatic heterocycles. The average Bonchev–Trinajstić information content (AvgIpc) is 2.92. The van der Waals surface area contributed by atoms with Gasteiger partial charge in [-0.05, 0) is 37.9 Å². The van der Waals surface area contributed by atoms with E-state index in [1.807, 2.05) is 38.2 Å². The Balaban J connectivity index is 1.87. The van der Waals surface area contributed by atoms with Gasteiger partial charge < -0.3 is 14.8 Å². The third kappa shape index (κ3) is 3.45. The first-order chi connectivity index (χ1) is 12.4. The van der Waals surface area contributed by atoms with Crippen LogP contribution in [0, 0.1) is 5.82 Å². The summed E-state index contributed by atoms with van der Waals surface area (Å²) in [4.78, 5) is 14.5. The lowest BCUT2D eigenvalue weighted by atomic mass is 10.0. The number of nitrogens with one attached hydrogen (secondary N) is 1. The number of hydrogen-bond donors (Lipinski definition) is 1. The first-order valence-electron chi connectivity index (χ1n) is 8.32. The number of nitrogens with zero attached hydrogens (tertiary/aromatic N) is 2. The molecule has 0 aliphatic carbocycles. The Morgan fingerprint density at radius 1 is 1.23 bits per heavy atom. The number of benzene rings is 2. The Hall–Kier alpha value is -2.37. The highest BCUT2D eigenvalue weighted by Crippen LogP contribution is 2.28. The molecule has 3 rings (SSSR count). The fourth-order valence-corrected chi connectivity index (χ4v) is 3.45. The molecular weight excluding hydrogens is 353 g/mol. The molecule has 0 unspecified atom stereocenters. The fraction of sp³-hybridized carbons (Fsp3) is 0.250. The molecule has 1 heterocycles. The van der Waals surface area contributed by atoms with Gasteiger partial charge in [0.15, 0.2) is 0 Å². The lowest BCUT2D eigenvalue weighted by molar-refractivity contribution is 0.0938. The number of aryl methyl sites for hydroxylation is 1. The molecule has 26 heavy (non-hydrogen) atoms. The number of carbonyl (C=O) groups excluding carboxylic acids is 1. The molecule has 0 saturated carbocycles. The number of para-hydroxylation sites is 1. The highest BCUT2D eigenvalue weighted by Gasteiger charge is 2.22.